The van der Waals surface area contributed by atoms with Crippen molar-refractivity contribution in [3.05, 3.63) is 29.3 Å². The van der Waals surface area contributed by atoms with Crippen LogP contribution in [0.2, 0.25) is 0 Å². The van der Waals surface area contributed by atoms with Gasteiger partial charge in [-0.1, -0.05) is 18.1 Å². The van der Waals surface area contributed by atoms with E-state index in [0.717, 1.165) is 16.8 Å². The van der Waals surface area contributed by atoms with Gasteiger partial charge in [0.2, 0.25) is 0 Å². The van der Waals surface area contributed by atoms with Crippen molar-refractivity contribution >= 4 is 11.8 Å². The molecule has 0 fully saturated rings. The van der Waals surface area contributed by atoms with Crippen molar-refractivity contribution in [2.45, 2.75) is 46.1 Å². The molecule has 0 aliphatic rings. The van der Waals surface area contributed by atoms with Gasteiger partial charge in [-0.25, -0.2) is 4.79 Å². The Hall–Kier alpha value is -1.95. The van der Waals surface area contributed by atoms with Gasteiger partial charge >= 0.3 is 6.09 Å². The Kier molecular flexibility index (Phi) is 4.61. The average Bonchev–Trinajstić information content (AvgIpc) is 2.28. The van der Waals surface area contributed by atoms with E-state index in [1.165, 1.54) is 0 Å². The molecule has 3 nitrogen and oxygen atoms in total. The van der Waals surface area contributed by atoms with Crippen LogP contribution in [0, 0.1) is 19.3 Å². The van der Waals surface area contributed by atoms with E-state index in [1.54, 1.807) is 0 Å². The minimum absolute atomic E-state index is 0.0641. The zero-order valence-electron chi connectivity index (χ0n) is 12.2. The van der Waals surface area contributed by atoms with Crippen molar-refractivity contribution in [1.29, 1.82) is 0 Å². The fraction of sp³-hybridized carbons (Fsp3) is 0.438. The molecule has 0 aliphatic carbocycles. The summed E-state index contributed by atoms with van der Waals surface area (Å²) in [6, 6.07) is 5.75. The van der Waals surface area contributed by atoms with Gasteiger partial charge in [-0.3, -0.25) is 5.32 Å². The highest BCUT2D eigenvalue weighted by molar-refractivity contribution is 5.86. The van der Waals surface area contributed by atoms with Gasteiger partial charge < -0.3 is 4.74 Å². The van der Waals surface area contributed by atoms with Crippen LogP contribution >= 0.6 is 0 Å². The summed E-state index contributed by atoms with van der Waals surface area (Å²) in [5, 5.41) is 2.74. The number of aryl methyl sites for hydroxylation is 1. The maximum atomic E-state index is 11.7. The molecular formula is C16H21NO2. The van der Waals surface area contributed by atoms with Crippen molar-refractivity contribution in [2.75, 3.05) is 5.32 Å². The molecule has 0 saturated carbocycles. The topological polar surface area (TPSA) is 38.3 Å². The number of carbonyl (C=O) groups excluding carboxylic acids is 1. The minimum atomic E-state index is -0.504. The van der Waals surface area contributed by atoms with Crippen LogP contribution in [0.3, 0.4) is 0 Å². The highest BCUT2D eigenvalue weighted by atomic mass is 16.6. The normalized spacial score (nSPS) is 12.4. The maximum Gasteiger partial charge on any atom is 0.412 e. The van der Waals surface area contributed by atoms with Crippen LogP contribution in [0.5, 0.6) is 0 Å². The largest absolute Gasteiger partial charge is 0.444 e. The van der Waals surface area contributed by atoms with Gasteiger partial charge in [0.15, 0.2) is 0 Å². The predicted molar refractivity (Wildman–Crippen MR) is 78.3 cm³/mol. The monoisotopic (exact) mass is 259 g/mol. The summed E-state index contributed by atoms with van der Waals surface area (Å²) in [6.07, 6.45) is 4.95. The van der Waals surface area contributed by atoms with Gasteiger partial charge in [-0.15, -0.1) is 6.42 Å². The molecule has 102 valence electrons. The van der Waals surface area contributed by atoms with E-state index < -0.39 is 11.7 Å². The second kappa shape index (κ2) is 5.79. The lowest BCUT2D eigenvalue weighted by Crippen LogP contribution is -2.27. The Morgan fingerprint density at radius 2 is 2.05 bits per heavy atom. The van der Waals surface area contributed by atoms with Crippen LogP contribution in [0.4, 0.5) is 10.5 Å². The average molecular weight is 259 g/mol. The van der Waals surface area contributed by atoms with Gasteiger partial charge in [0.1, 0.15) is 5.60 Å². The predicted octanol–water partition coefficient (Wildman–Crippen LogP) is 4.08. The molecule has 0 saturated heterocycles. The van der Waals surface area contributed by atoms with E-state index in [1.807, 2.05) is 52.8 Å². The van der Waals surface area contributed by atoms with Gasteiger partial charge in [-0.05, 0) is 51.8 Å². The second-order valence-electron chi connectivity index (χ2n) is 5.59. The molecule has 19 heavy (non-hydrogen) atoms. The van der Waals surface area contributed by atoms with Crippen LogP contribution < -0.4 is 5.32 Å². The molecule has 0 aliphatic heterocycles. The number of hydrogen-bond donors (Lipinski definition) is 1. The molecular weight excluding hydrogens is 238 g/mol. The molecule has 0 heterocycles. The SMILES string of the molecule is C#CC(C)c1ccc(NC(=O)OC(C)(C)C)c(C)c1. The van der Waals surface area contributed by atoms with Crippen molar-refractivity contribution in [3.63, 3.8) is 0 Å². The Bertz CT molecular complexity index is 506. The van der Waals surface area contributed by atoms with Gasteiger partial charge in [0, 0.05) is 11.6 Å². The first kappa shape index (κ1) is 15.1. The van der Waals surface area contributed by atoms with Gasteiger partial charge in [0.05, 0.1) is 0 Å². The zero-order chi connectivity index (χ0) is 14.6. The Labute approximate surface area is 115 Å². The number of amides is 1. The van der Waals surface area contributed by atoms with Crippen LogP contribution in [0.1, 0.15) is 44.7 Å². The summed E-state index contributed by atoms with van der Waals surface area (Å²) in [6.45, 7) is 9.39. The summed E-state index contributed by atoms with van der Waals surface area (Å²) in [7, 11) is 0. The number of carbonyl (C=O) groups is 1. The van der Waals surface area contributed by atoms with Crippen molar-refractivity contribution in [1.82, 2.24) is 0 Å². The van der Waals surface area contributed by atoms with Crippen molar-refractivity contribution < 1.29 is 9.53 Å². The van der Waals surface area contributed by atoms with Gasteiger partial charge in [-0.2, -0.15) is 0 Å². The summed E-state index contributed by atoms with van der Waals surface area (Å²) < 4.78 is 5.21. The molecule has 1 amide bonds. The number of nitrogens with one attached hydrogen (secondary N) is 1. The molecule has 1 unspecified atom stereocenters. The lowest BCUT2D eigenvalue weighted by molar-refractivity contribution is 0.0636. The first-order valence-electron chi connectivity index (χ1n) is 6.29. The third-order valence-electron chi connectivity index (χ3n) is 2.64. The van der Waals surface area contributed by atoms with E-state index in [0.29, 0.717) is 0 Å². The number of anilines is 1. The van der Waals surface area contributed by atoms with Crippen molar-refractivity contribution in [2.24, 2.45) is 0 Å². The standard InChI is InChI=1S/C16H21NO2/c1-7-11(2)13-8-9-14(12(3)10-13)17-15(18)19-16(4,5)6/h1,8-11H,2-6H3,(H,17,18). The molecule has 3 heteroatoms. The van der Waals surface area contributed by atoms with Crippen LogP contribution in [-0.4, -0.2) is 11.7 Å². The Balaban J connectivity index is 2.81. The smallest absolute Gasteiger partial charge is 0.412 e. The highest BCUT2D eigenvalue weighted by Gasteiger charge is 2.16. The van der Waals surface area contributed by atoms with E-state index in [2.05, 4.69) is 11.2 Å². The molecule has 1 rings (SSSR count). The third-order valence-corrected chi connectivity index (χ3v) is 2.64. The molecule has 0 aromatic heterocycles. The first-order valence-corrected chi connectivity index (χ1v) is 6.29. The number of hydrogen-bond acceptors (Lipinski definition) is 2. The minimum Gasteiger partial charge on any atom is -0.444 e. The fourth-order valence-corrected chi connectivity index (χ4v) is 1.61. The second-order valence-corrected chi connectivity index (χ2v) is 5.59. The lowest BCUT2D eigenvalue weighted by Gasteiger charge is -2.20. The summed E-state index contributed by atoms with van der Waals surface area (Å²) in [5.74, 6) is 2.75. The highest BCUT2D eigenvalue weighted by Crippen LogP contribution is 2.22. The summed E-state index contributed by atoms with van der Waals surface area (Å²) in [4.78, 5) is 11.7. The molecule has 1 aromatic carbocycles. The molecule has 1 atom stereocenters. The molecule has 0 bridgehead atoms. The van der Waals surface area contributed by atoms with Crippen LogP contribution in [0.25, 0.3) is 0 Å². The third kappa shape index (κ3) is 4.67. The van der Waals surface area contributed by atoms with E-state index in [9.17, 15) is 4.79 Å². The summed E-state index contributed by atoms with van der Waals surface area (Å²) >= 11 is 0. The van der Waals surface area contributed by atoms with E-state index in [-0.39, 0.29) is 5.92 Å². The van der Waals surface area contributed by atoms with Gasteiger partial charge in [0.25, 0.3) is 0 Å². The van der Waals surface area contributed by atoms with Crippen LogP contribution in [0.15, 0.2) is 18.2 Å². The summed E-state index contributed by atoms with van der Waals surface area (Å²) in [5.41, 5.74) is 2.26. The number of terminal acetylenes is 1. The maximum absolute atomic E-state index is 11.7. The Morgan fingerprint density at radius 3 is 2.53 bits per heavy atom. The lowest BCUT2D eigenvalue weighted by atomic mass is 9.99. The fourth-order valence-electron chi connectivity index (χ4n) is 1.61. The van der Waals surface area contributed by atoms with E-state index >= 15 is 0 Å². The quantitative estimate of drug-likeness (QED) is 0.813. The van der Waals surface area contributed by atoms with Crippen molar-refractivity contribution in [3.8, 4) is 12.3 Å². The zero-order valence-corrected chi connectivity index (χ0v) is 12.2. The van der Waals surface area contributed by atoms with E-state index in [4.69, 9.17) is 11.2 Å². The number of benzene rings is 1. The molecule has 1 N–H and O–H groups in total. The van der Waals surface area contributed by atoms with Crippen LogP contribution in [-0.2, 0) is 4.74 Å². The first-order chi connectivity index (χ1) is 8.73. The number of rotatable bonds is 2. The Morgan fingerprint density at radius 1 is 1.42 bits per heavy atom. The molecule has 0 spiro atoms. The molecule has 1 aromatic rings. The number of ether oxygens (including phenoxy) is 1. The molecule has 0 radical (unpaired) electrons.